The number of benzene rings is 1. The van der Waals surface area contributed by atoms with Crippen LogP contribution in [0.4, 0.5) is 0 Å². The molecule has 3 aromatic rings. The highest BCUT2D eigenvalue weighted by molar-refractivity contribution is 5.63. The molecule has 0 amide bonds. The lowest BCUT2D eigenvalue weighted by Gasteiger charge is -2.06. The van der Waals surface area contributed by atoms with Gasteiger partial charge in [-0.25, -0.2) is 9.97 Å². The highest BCUT2D eigenvalue weighted by Gasteiger charge is 2.05. The van der Waals surface area contributed by atoms with Crippen LogP contribution in [0.25, 0.3) is 22.6 Å². The first-order valence-corrected chi connectivity index (χ1v) is 11.7. The summed E-state index contributed by atoms with van der Waals surface area (Å²) in [5.41, 5.74) is 5.74. The summed E-state index contributed by atoms with van der Waals surface area (Å²) in [4.78, 5) is 13.7. The molecule has 0 radical (unpaired) electrons. The molecular formula is C27H35N3. The van der Waals surface area contributed by atoms with Gasteiger partial charge < -0.3 is 0 Å². The molecule has 2 aromatic heterocycles. The van der Waals surface area contributed by atoms with Crippen molar-refractivity contribution in [3.63, 3.8) is 0 Å². The van der Waals surface area contributed by atoms with Crippen LogP contribution in [0.1, 0.15) is 76.3 Å². The highest BCUT2D eigenvalue weighted by atomic mass is 14.9. The van der Waals surface area contributed by atoms with Crippen LogP contribution >= 0.6 is 0 Å². The van der Waals surface area contributed by atoms with Crippen LogP contribution in [0, 0.1) is 0 Å². The number of hydrogen-bond donors (Lipinski definition) is 0. The zero-order valence-electron chi connectivity index (χ0n) is 18.6. The molecule has 2 heterocycles. The van der Waals surface area contributed by atoms with Gasteiger partial charge in [-0.15, -0.1) is 0 Å². The van der Waals surface area contributed by atoms with E-state index < -0.39 is 0 Å². The Hall–Kier alpha value is -2.55. The first-order valence-electron chi connectivity index (χ1n) is 11.7. The molecule has 0 unspecified atom stereocenters. The number of aromatic nitrogens is 3. The van der Waals surface area contributed by atoms with Crippen LogP contribution in [0.2, 0.25) is 0 Å². The summed E-state index contributed by atoms with van der Waals surface area (Å²) in [7, 11) is 0. The Morgan fingerprint density at radius 1 is 0.533 bits per heavy atom. The smallest absolute Gasteiger partial charge is 0.178 e. The summed E-state index contributed by atoms with van der Waals surface area (Å²) < 4.78 is 0. The minimum Gasteiger partial charge on any atom is -0.253 e. The van der Waals surface area contributed by atoms with Gasteiger partial charge in [0, 0.05) is 24.2 Å². The van der Waals surface area contributed by atoms with E-state index in [2.05, 4.69) is 59.1 Å². The Morgan fingerprint density at radius 3 is 1.80 bits per heavy atom. The molecule has 0 aliphatic carbocycles. The third-order valence-corrected chi connectivity index (χ3v) is 5.63. The Balaban J connectivity index is 1.56. The van der Waals surface area contributed by atoms with Crippen molar-refractivity contribution in [1.29, 1.82) is 0 Å². The summed E-state index contributed by atoms with van der Waals surface area (Å²) >= 11 is 0. The first-order chi connectivity index (χ1) is 14.8. The van der Waals surface area contributed by atoms with Gasteiger partial charge in [-0.1, -0.05) is 82.7 Å². The second-order valence-electron chi connectivity index (χ2n) is 8.17. The Labute approximate surface area is 182 Å². The van der Waals surface area contributed by atoms with Crippen molar-refractivity contribution in [2.24, 2.45) is 0 Å². The topological polar surface area (TPSA) is 38.7 Å². The molecule has 0 saturated heterocycles. The molecule has 30 heavy (non-hydrogen) atoms. The minimum atomic E-state index is 0.685. The summed E-state index contributed by atoms with van der Waals surface area (Å²) in [6.07, 6.45) is 18.4. The predicted octanol–water partition coefficient (Wildman–Crippen LogP) is 7.45. The second kappa shape index (κ2) is 12.2. The summed E-state index contributed by atoms with van der Waals surface area (Å²) in [6.45, 7) is 4.49. The van der Waals surface area contributed by atoms with E-state index in [1.54, 1.807) is 0 Å². The zero-order valence-corrected chi connectivity index (χ0v) is 18.6. The van der Waals surface area contributed by atoms with Gasteiger partial charge in [0.1, 0.15) is 5.69 Å². The van der Waals surface area contributed by atoms with E-state index in [4.69, 9.17) is 0 Å². The fraction of sp³-hybridized carbons (Fsp3) is 0.444. The first kappa shape index (κ1) is 22.1. The number of nitrogens with zero attached hydrogens (tertiary/aromatic N) is 3. The van der Waals surface area contributed by atoms with E-state index >= 15 is 0 Å². The normalized spacial score (nSPS) is 11.0. The van der Waals surface area contributed by atoms with Crippen LogP contribution < -0.4 is 0 Å². The number of unbranched alkanes of at least 4 members (excludes halogenated alkanes) is 6. The molecule has 0 aliphatic rings. The lowest BCUT2D eigenvalue weighted by atomic mass is 10.0. The highest BCUT2D eigenvalue weighted by Crippen LogP contribution is 2.21. The number of aryl methyl sites for hydroxylation is 2. The van der Waals surface area contributed by atoms with Crippen LogP contribution in [0.3, 0.4) is 0 Å². The summed E-state index contributed by atoms with van der Waals surface area (Å²) in [6, 6.07) is 13.0. The van der Waals surface area contributed by atoms with E-state index in [-0.39, 0.29) is 0 Å². The van der Waals surface area contributed by atoms with Crippen LogP contribution in [-0.4, -0.2) is 15.0 Å². The molecule has 1 aromatic carbocycles. The van der Waals surface area contributed by atoms with Gasteiger partial charge >= 0.3 is 0 Å². The largest absolute Gasteiger partial charge is 0.253 e. The van der Waals surface area contributed by atoms with Crippen molar-refractivity contribution in [3.8, 4) is 22.6 Å². The lowest BCUT2D eigenvalue weighted by molar-refractivity contribution is 0.632. The number of rotatable bonds is 12. The Morgan fingerprint density at radius 2 is 1.13 bits per heavy atom. The van der Waals surface area contributed by atoms with Crippen LogP contribution in [0.5, 0.6) is 0 Å². The van der Waals surface area contributed by atoms with E-state index in [1.165, 1.54) is 62.5 Å². The predicted molar refractivity (Wildman–Crippen MR) is 126 cm³/mol. The minimum absolute atomic E-state index is 0.685. The zero-order chi connectivity index (χ0) is 21.0. The lowest BCUT2D eigenvalue weighted by Crippen LogP contribution is -1.94. The van der Waals surface area contributed by atoms with Crippen molar-refractivity contribution in [2.75, 3.05) is 0 Å². The molecule has 0 atom stereocenters. The molecule has 0 aliphatic heterocycles. The molecule has 0 fully saturated rings. The van der Waals surface area contributed by atoms with Crippen molar-refractivity contribution in [1.82, 2.24) is 15.0 Å². The quantitative estimate of drug-likeness (QED) is 0.296. The molecule has 158 valence electrons. The summed E-state index contributed by atoms with van der Waals surface area (Å²) in [5, 5.41) is 0. The molecule has 3 rings (SSSR count). The van der Waals surface area contributed by atoms with Gasteiger partial charge in [-0.05, 0) is 48.4 Å². The van der Waals surface area contributed by atoms with Gasteiger partial charge in [0.05, 0.1) is 0 Å². The standard InChI is InChI=1S/C27H35N3/c1-3-5-7-8-10-12-23-15-18-26(28-19-23)27-29-20-25(21-30-27)24-16-13-22(14-17-24)11-9-6-4-2/h13-21H,3-12H2,1-2H3. The van der Waals surface area contributed by atoms with Gasteiger partial charge in [0.2, 0.25) is 0 Å². The average Bonchev–Trinajstić information content (AvgIpc) is 2.80. The van der Waals surface area contributed by atoms with Crippen LogP contribution in [-0.2, 0) is 12.8 Å². The monoisotopic (exact) mass is 401 g/mol. The van der Waals surface area contributed by atoms with Gasteiger partial charge in [-0.3, -0.25) is 4.98 Å². The van der Waals surface area contributed by atoms with Crippen molar-refractivity contribution >= 4 is 0 Å². The van der Waals surface area contributed by atoms with Crippen molar-refractivity contribution in [3.05, 3.63) is 66.1 Å². The number of hydrogen-bond acceptors (Lipinski definition) is 3. The molecule has 0 saturated carbocycles. The molecular weight excluding hydrogens is 366 g/mol. The van der Waals surface area contributed by atoms with Crippen LogP contribution in [0.15, 0.2) is 55.0 Å². The second-order valence-corrected chi connectivity index (χ2v) is 8.17. The maximum absolute atomic E-state index is 4.59. The molecule has 0 N–H and O–H groups in total. The fourth-order valence-electron chi connectivity index (χ4n) is 3.69. The Bertz CT molecular complexity index is 852. The maximum Gasteiger partial charge on any atom is 0.178 e. The van der Waals surface area contributed by atoms with E-state index in [1.807, 2.05) is 24.7 Å². The van der Waals surface area contributed by atoms with E-state index in [0.717, 1.165) is 29.7 Å². The van der Waals surface area contributed by atoms with E-state index in [0.29, 0.717) is 5.82 Å². The fourth-order valence-corrected chi connectivity index (χ4v) is 3.69. The molecule has 3 nitrogen and oxygen atoms in total. The molecule has 0 bridgehead atoms. The maximum atomic E-state index is 4.59. The van der Waals surface area contributed by atoms with Gasteiger partial charge in [0.15, 0.2) is 5.82 Å². The van der Waals surface area contributed by atoms with Crippen molar-refractivity contribution < 1.29 is 0 Å². The molecule has 3 heteroatoms. The average molecular weight is 402 g/mol. The Kier molecular flexibility index (Phi) is 9.02. The molecule has 0 spiro atoms. The van der Waals surface area contributed by atoms with E-state index in [9.17, 15) is 0 Å². The summed E-state index contributed by atoms with van der Waals surface area (Å²) in [5.74, 6) is 0.685. The number of pyridine rings is 1. The van der Waals surface area contributed by atoms with Gasteiger partial charge in [-0.2, -0.15) is 0 Å². The SMILES string of the molecule is CCCCCCCc1ccc(-c2ncc(-c3ccc(CCCCC)cc3)cn2)nc1. The third-order valence-electron chi connectivity index (χ3n) is 5.63. The van der Waals surface area contributed by atoms with Gasteiger partial charge in [0.25, 0.3) is 0 Å². The van der Waals surface area contributed by atoms with Crippen molar-refractivity contribution in [2.45, 2.75) is 78.1 Å². The third kappa shape index (κ3) is 6.76.